The molecule has 0 amide bonds. The topological polar surface area (TPSA) is 40.2 Å². The highest BCUT2D eigenvalue weighted by Crippen LogP contribution is 2.61. The first-order valence-electron chi connectivity index (χ1n) is 15.1. The Labute approximate surface area is 257 Å². The van der Waals surface area contributed by atoms with Crippen molar-refractivity contribution in [3.05, 3.63) is 95.1 Å². The van der Waals surface area contributed by atoms with Crippen molar-refractivity contribution in [2.75, 3.05) is 26.4 Å². The lowest BCUT2D eigenvalue weighted by Crippen LogP contribution is -2.37. The molecular weight excluding hydrogens is 572 g/mol. The maximum absolute atomic E-state index is 6.43. The molecule has 0 unspecified atom stereocenters. The molecule has 222 valence electrons. The van der Waals surface area contributed by atoms with E-state index in [1.165, 1.54) is 43.5 Å². The normalized spacial score (nSPS) is 15.9. The van der Waals surface area contributed by atoms with E-state index in [2.05, 4.69) is 91.1 Å². The average molecular weight is 612 g/mol. The Morgan fingerprint density at radius 3 is 1.02 bits per heavy atom. The number of nitrogens with zero attached hydrogens (tertiary/aromatic N) is 1. The highest BCUT2D eigenvalue weighted by Gasteiger charge is 2.41. The van der Waals surface area contributed by atoms with Gasteiger partial charge >= 0.3 is 0 Å². The van der Waals surface area contributed by atoms with Gasteiger partial charge < -0.3 is 18.9 Å². The van der Waals surface area contributed by atoms with Gasteiger partial charge in [0.25, 0.3) is 0 Å². The highest BCUT2D eigenvalue weighted by atomic mass is 31.2. The molecule has 0 bridgehead atoms. The lowest BCUT2D eigenvalue weighted by atomic mass is 10.2. The van der Waals surface area contributed by atoms with Crippen LogP contribution in [0, 0.1) is 0 Å². The zero-order chi connectivity index (χ0) is 28.2. The van der Waals surface area contributed by atoms with Crippen molar-refractivity contribution in [3.63, 3.8) is 0 Å². The Morgan fingerprint density at radius 2 is 0.767 bits per heavy atom. The van der Waals surface area contributed by atoms with Crippen LogP contribution in [-0.4, -0.2) is 36.9 Å². The molecule has 0 atom stereocenters. The molecule has 4 heterocycles. The molecule has 5 nitrogen and oxygen atoms in total. The Balaban J connectivity index is 0.00000300. The van der Waals surface area contributed by atoms with Gasteiger partial charge in [-0.1, -0.05) is 56.0 Å². The van der Waals surface area contributed by atoms with Crippen molar-refractivity contribution in [3.8, 4) is 23.0 Å². The van der Waals surface area contributed by atoms with Gasteiger partial charge in [-0.15, -0.1) is 0 Å². The smallest absolute Gasteiger partial charge is 0.131 e. The molecule has 7 heteroatoms. The fourth-order valence-corrected chi connectivity index (χ4v) is 13.4. The summed E-state index contributed by atoms with van der Waals surface area (Å²) in [5.74, 6) is 4.24. The van der Waals surface area contributed by atoms with Crippen LogP contribution in [0.3, 0.4) is 0 Å². The van der Waals surface area contributed by atoms with E-state index in [1.54, 1.807) is 0 Å². The summed E-state index contributed by atoms with van der Waals surface area (Å²) in [6.45, 7) is 7.61. The van der Waals surface area contributed by atoms with Crippen LogP contribution in [0.1, 0.15) is 43.5 Å². The Morgan fingerprint density at radius 1 is 0.488 bits per heavy atom. The monoisotopic (exact) mass is 611 g/mol. The van der Waals surface area contributed by atoms with Gasteiger partial charge in [0.1, 0.15) is 23.0 Å². The van der Waals surface area contributed by atoms with E-state index in [-0.39, 0.29) is 13.5 Å². The quantitative estimate of drug-likeness (QED) is 0.234. The summed E-state index contributed by atoms with van der Waals surface area (Å²) >= 11 is 0. The molecule has 0 saturated heterocycles. The van der Waals surface area contributed by atoms with Crippen molar-refractivity contribution in [2.24, 2.45) is 0 Å². The number of benzene rings is 4. The van der Waals surface area contributed by atoms with Crippen molar-refractivity contribution < 1.29 is 18.9 Å². The summed E-state index contributed by atoms with van der Waals surface area (Å²) in [6, 6.07) is 27.2. The minimum atomic E-state index is -1.06. The summed E-state index contributed by atoms with van der Waals surface area (Å²) in [5, 5.41) is 5.08. The third kappa shape index (κ3) is 4.81. The first-order valence-corrected chi connectivity index (χ1v) is 17.7. The number of para-hydroxylation sites is 4. The largest absolute Gasteiger partial charge is 0.492 e. The standard InChI is InChI=1S/C35H35NO4P2.CH4/c1-23(2)36(41(28-11-3-7-24-15-19-37-32(24)28)29-12-4-8-25-16-20-38-33(25)29)42(30-13-5-9-26-17-21-39-34(26)30)31-14-6-10-27-18-22-40-35(27)31;/h3-14,23H,15-22H2,1-2H3;1H4. The number of fused-ring (bicyclic) bond motifs is 4. The van der Waals surface area contributed by atoms with E-state index in [9.17, 15) is 0 Å². The molecule has 0 saturated carbocycles. The van der Waals surface area contributed by atoms with E-state index < -0.39 is 16.1 Å². The summed E-state index contributed by atoms with van der Waals surface area (Å²) in [6.07, 6.45) is 3.80. The molecular formula is C36H39NO4P2. The van der Waals surface area contributed by atoms with E-state index in [0.29, 0.717) is 0 Å². The first kappa shape index (κ1) is 28.7. The van der Waals surface area contributed by atoms with Gasteiger partial charge in [-0.2, -0.15) is 0 Å². The zero-order valence-electron chi connectivity index (χ0n) is 24.1. The molecule has 43 heavy (non-hydrogen) atoms. The predicted molar refractivity (Wildman–Crippen MR) is 179 cm³/mol. The van der Waals surface area contributed by atoms with Crippen LogP contribution < -0.4 is 40.2 Å². The van der Waals surface area contributed by atoms with Gasteiger partial charge in [0, 0.05) is 69.1 Å². The third-order valence-electron chi connectivity index (χ3n) is 8.56. The Bertz CT molecular complexity index is 1440. The van der Waals surface area contributed by atoms with Gasteiger partial charge in [-0.25, -0.2) is 4.44 Å². The second kappa shape index (κ2) is 11.8. The summed E-state index contributed by atoms with van der Waals surface area (Å²) < 4.78 is 28.5. The molecule has 0 radical (unpaired) electrons. The van der Waals surface area contributed by atoms with Crippen LogP contribution in [-0.2, 0) is 25.7 Å². The maximum atomic E-state index is 6.43. The van der Waals surface area contributed by atoms with Gasteiger partial charge in [-0.3, -0.25) is 0 Å². The van der Waals surface area contributed by atoms with Gasteiger partial charge in [-0.05, 0) is 60.4 Å². The van der Waals surface area contributed by atoms with Crippen LogP contribution in [0.15, 0.2) is 72.8 Å². The third-order valence-corrected chi connectivity index (χ3v) is 14.6. The molecule has 8 rings (SSSR count). The molecule has 0 spiro atoms. The van der Waals surface area contributed by atoms with Gasteiger partial charge in [0.05, 0.1) is 26.4 Å². The van der Waals surface area contributed by atoms with Crippen LogP contribution in [0.5, 0.6) is 23.0 Å². The lowest BCUT2D eigenvalue weighted by Gasteiger charge is -2.42. The van der Waals surface area contributed by atoms with E-state index in [0.717, 1.165) is 75.1 Å². The van der Waals surface area contributed by atoms with Gasteiger partial charge in [0.2, 0.25) is 0 Å². The molecule has 4 aliphatic heterocycles. The SMILES string of the molecule is C.CC(C)N(P(c1cccc2c1OCC2)c1cccc2c1OCC2)P(c1cccc2c1OCC2)c1cccc2c1OCC2. The zero-order valence-corrected chi connectivity index (χ0v) is 25.9. The Kier molecular flexibility index (Phi) is 7.84. The fraction of sp³-hybridized carbons (Fsp3) is 0.333. The van der Waals surface area contributed by atoms with E-state index in [1.807, 2.05) is 0 Å². The second-order valence-electron chi connectivity index (χ2n) is 11.5. The van der Waals surface area contributed by atoms with E-state index in [4.69, 9.17) is 18.9 Å². The number of hydrogen-bond donors (Lipinski definition) is 0. The van der Waals surface area contributed by atoms with Crippen LogP contribution in [0.2, 0.25) is 0 Å². The molecule has 4 aliphatic rings. The molecule has 0 N–H and O–H groups in total. The van der Waals surface area contributed by atoms with Crippen LogP contribution in [0.4, 0.5) is 0 Å². The number of hydrogen-bond acceptors (Lipinski definition) is 5. The minimum absolute atomic E-state index is 0. The fourth-order valence-electron chi connectivity index (χ4n) is 6.71. The Hall–Kier alpha value is -3.10. The summed E-state index contributed by atoms with van der Waals surface area (Å²) in [7, 11) is -2.12. The lowest BCUT2D eigenvalue weighted by molar-refractivity contribution is 0.358. The molecule has 0 fully saturated rings. The molecule has 4 aromatic rings. The molecule has 0 aromatic heterocycles. The van der Waals surface area contributed by atoms with Crippen molar-refractivity contribution in [1.82, 2.24) is 4.44 Å². The minimum Gasteiger partial charge on any atom is -0.492 e. The molecule has 4 aromatic carbocycles. The molecule has 0 aliphatic carbocycles. The predicted octanol–water partition coefficient (Wildman–Crippen LogP) is 6.17. The van der Waals surface area contributed by atoms with Crippen LogP contribution >= 0.6 is 16.1 Å². The first-order chi connectivity index (χ1) is 20.7. The van der Waals surface area contributed by atoms with Crippen molar-refractivity contribution in [2.45, 2.75) is 53.0 Å². The van der Waals surface area contributed by atoms with E-state index >= 15 is 0 Å². The van der Waals surface area contributed by atoms with Crippen LogP contribution in [0.25, 0.3) is 0 Å². The second-order valence-corrected chi connectivity index (χ2v) is 15.8. The van der Waals surface area contributed by atoms with Crippen molar-refractivity contribution >= 4 is 37.4 Å². The number of ether oxygens (including phenoxy) is 4. The summed E-state index contributed by atoms with van der Waals surface area (Å²) in [5.41, 5.74) is 5.20. The van der Waals surface area contributed by atoms with Gasteiger partial charge in [0.15, 0.2) is 0 Å². The highest BCUT2D eigenvalue weighted by molar-refractivity contribution is 7.85. The maximum Gasteiger partial charge on any atom is 0.131 e. The average Bonchev–Trinajstić information content (AvgIpc) is 3.83. The summed E-state index contributed by atoms with van der Waals surface area (Å²) in [4.78, 5) is 0. The number of rotatable bonds is 7. The van der Waals surface area contributed by atoms with Crippen molar-refractivity contribution in [1.29, 1.82) is 0 Å².